The monoisotopic (exact) mass is 269 g/mol. The van der Waals surface area contributed by atoms with E-state index in [0.717, 1.165) is 11.4 Å². The van der Waals surface area contributed by atoms with Gasteiger partial charge < -0.3 is 10.1 Å². The molecule has 102 valence electrons. The maximum Gasteiger partial charge on any atom is 0.185 e. The number of hydrogen-bond donors (Lipinski definition) is 1. The molecule has 0 spiro atoms. The second kappa shape index (κ2) is 6.38. The molecule has 1 aromatic carbocycles. The minimum absolute atomic E-state index is 0.527. The fraction of sp³-hybridized carbons (Fsp3) is 0.214. The Morgan fingerprint density at radius 2 is 2.15 bits per heavy atom. The van der Waals surface area contributed by atoms with Crippen molar-refractivity contribution in [1.82, 2.24) is 9.97 Å². The van der Waals surface area contributed by atoms with Gasteiger partial charge in [0.1, 0.15) is 23.7 Å². The van der Waals surface area contributed by atoms with Gasteiger partial charge in [-0.1, -0.05) is 12.1 Å². The van der Waals surface area contributed by atoms with Gasteiger partial charge in [-0.15, -0.1) is 0 Å². The van der Waals surface area contributed by atoms with Crippen molar-refractivity contribution in [2.75, 3.05) is 23.9 Å². The van der Waals surface area contributed by atoms with E-state index in [2.05, 4.69) is 15.3 Å². The summed E-state index contributed by atoms with van der Waals surface area (Å²) in [4.78, 5) is 9.53. The smallest absolute Gasteiger partial charge is 0.185 e. The number of nitriles is 1. The van der Waals surface area contributed by atoms with E-state index in [1.807, 2.05) is 37.4 Å². The van der Waals surface area contributed by atoms with E-state index in [9.17, 15) is 0 Å². The molecule has 20 heavy (non-hydrogen) atoms. The van der Waals surface area contributed by atoms with Crippen LogP contribution in [0.25, 0.3) is 0 Å². The second-order valence-corrected chi connectivity index (χ2v) is 3.97. The van der Waals surface area contributed by atoms with Crippen LogP contribution in [0.1, 0.15) is 6.92 Å². The van der Waals surface area contributed by atoms with Crippen LogP contribution in [-0.4, -0.2) is 23.6 Å². The molecule has 1 aromatic heterocycles. The lowest BCUT2D eigenvalue weighted by Gasteiger charge is -2.13. The average Bonchev–Trinajstić information content (AvgIpc) is 2.49. The number of nitrogens with one attached hydrogen (secondary N) is 1. The molecule has 0 fully saturated rings. The van der Waals surface area contributed by atoms with Crippen LogP contribution in [0.15, 0.2) is 36.7 Å². The van der Waals surface area contributed by atoms with Crippen LogP contribution in [0.2, 0.25) is 0 Å². The number of nitrogens with zero attached hydrogens (tertiary/aromatic N) is 4. The standard InChI is InChI=1S/C14H15N5O/c1-3-20-12-7-5-4-6-11(12)18-13-8-14(17-10-16-13)19(2)9-15/h4-8,10H,3H2,1-2H3,(H,16,17,18). The highest BCUT2D eigenvalue weighted by atomic mass is 16.5. The number of hydrogen-bond acceptors (Lipinski definition) is 6. The van der Waals surface area contributed by atoms with Crippen molar-refractivity contribution in [3.05, 3.63) is 36.7 Å². The molecule has 0 amide bonds. The second-order valence-electron chi connectivity index (χ2n) is 3.97. The summed E-state index contributed by atoms with van der Waals surface area (Å²) in [6.45, 7) is 2.52. The maximum atomic E-state index is 8.86. The van der Waals surface area contributed by atoms with Gasteiger partial charge in [0.05, 0.1) is 12.3 Å². The van der Waals surface area contributed by atoms with Crippen LogP contribution in [-0.2, 0) is 0 Å². The molecule has 0 saturated heterocycles. The summed E-state index contributed by atoms with van der Waals surface area (Å²) in [7, 11) is 1.64. The van der Waals surface area contributed by atoms with Crippen LogP contribution in [0, 0.1) is 11.5 Å². The number of benzene rings is 1. The molecule has 0 aliphatic rings. The predicted octanol–water partition coefficient (Wildman–Crippen LogP) is 2.54. The molecule has 6 nitrogen and oxygen atoms in total. The molecular formula is C14H15N5O. The molecule has 0 bridgehead atoms. The Bertz CT molecular complexity index is 623. The first kappa shape index (κ1) is 13.6. The Hall–Kier alpha value is -2.81. The van der Waals surface area contributed by atoms with Crippen LogP contribution < -0.4 is 15.0 Å². The fourth-order valence-electron chi connectivity index (χ4n) is 1.64. The van der Waals surface area contributed by atoms with Gasteiger partial charge >= 0.3 is 0 Å². The van der Waals surface area contributed by atoms with E-state index in [4.69, 9.17) is 10.00 Å². The number of anilines is 3. The normalized spacial score (nSPS) is 9.65. The van der Waals surface area contributed by atoms with E-state index in [1.54, 1.807) is 13.1 Å². The molecule has 0 radical (unpaired) electrons. The first-order chi connectivity index (χ1) is 9.74. The highest BCUT2D eigenvalue weighted by Crippen LogP contribution is 2.27. The summed E-state index contributed by atoms with van der Waals surface area (Å²) in [6.07, 6.45) is 3.41. The summed E-state index contributed by atoms with van der Waals surface area (Å²) < 4.78 is 5.54. The maximum absolute atomic E-state index is 8.86. The lowest BCUT2D eigenvalue weighted by atomic mass is 10.3. The summed E-state index contributed by atoms with van der Waals surface area (Å²) in [6, 6.07) is 9.31. The Kier molecular flexibility index (Phi) is 4.35. The molecule has 2 rings (SSSR count). The van der Waals surface area contributed by atoms with E-state index >= 15 is 0 Å². The summed E-state index contributed by atoms with van der Waals surface area (Å²) in [5.74, 6) is 1.88. The van der Waals surface area contributed by atoms with Gasteiger partial charge in [0.15, 0.2) is 6.19 Å². The van der Waals surface area contributed by atoms with Crippen molar-refractivity contribution in [2.45, 2.75) is 6.92 Å². The van der Waals surface area contributed by atoms with Gasteiger partial charge in [0.2, 0.25) is 0 Å². The number of rotatable bonds is 5. The third-order valence-electron chi connectivity index (χ3n) is 2.60. The predicted molar refractivity (Wildman–Crippen MR) is 76.9 cm³/mol. The van der Waals surface area contributed by atoms with Gasteiger partial charge in [0.25, 0.3) is 0 Å². The van der Waals surface area contributed by atoms with Crippen molar-refractivity contribution >= 4 is 17.3 Å². The zero-order valence-corrected chi connectivity index (χ0v) is 11.4. The van der Waals surface area contributed by atoms with Crippen molar-refractivity contribution in [2.24, 2.45) is 0 Å². The number of para-hydroxylation sites is 2. The number of aromatic nitrogens is 2. The van der Waals surface area contributed by atoms with Gasteiger partial charge in [-0.25, -0.2) is 9.97 Å². The minimum atomic E-state index is 0.527. The molecule has 0 atom stereocenters. The molecule has 2 aromatic rings. The zero-order chi connectivity index (χ0) is 14.4. The van der Waals surface area contributed by atoms with E-state index in [1.165, 1.54) is 11.2 Å². The average molecular weight is 269 g/mol. The summed E-state index contributed by atoms with van der Waals surface area (Å²) >= 11 is 0. The van der Waals surface area contributed by atoms with Crippen LogP contribution in [0.3, 0.4) is 0 Å². The molecule has 1 heterocycles. The molecule has 0 saturated carbocycles. The fourth-order valence-corrected chi connectivity index (χ4v) is 1.64. The molecule has 6 heteroatoms. The van der Waals surface area contributed by atoms with Crippen LogP contribution >= 0.6 is 0 Å². The van der Waals surface area contributed by atoms with Gasteiger partial charge in [-0.3, -0.25) is 4.90 Å². The first-order valence-corrected chi connectivity index (χ1v) is 6.19. The third kappa shape index (κ3) is 3.14. The van der Waals surface area contributed by atoms with Crippen molar-refractivity contribution in [3.63, 3.8) is 0 Å². The minimum Gasteiger partial charge on any atom is -0.492 e. The van der Waals surface area contributed by atoms with Crippen molar-refractivity contribution in [3.8, 4) is 11.9 Å². The Morgan fingerprint density at radius 1 is 1.35 bits per heavy atom. The van der Waals surface area contributed by atoms with E-state index in [-0.39, 0.29) is 0 Å². The quantitative estimate of drug-likeness (QED) is 0.664. The zero-order valence-electron chi connectivity index (χ0n) is 11.4. The van der Waals surface area contributed by atoms with Crippen LogP contribution in [0.5, 0.6) is 5.75 Å². The lowest BCUT2D eigenvalue weighted by Crippen LogP contribution is -2.10. The first-order valence-electron chi connectivity index (χ1n) is 6.19. The Balaban J connectivity index is 2.24. The van der Waals surface area contributed by atoms with Gasteiger partial charge in [-0.05, 0) is 19.1 Å². The highest BCUT2D eigenvalue weighted by molar-refractivity contribution is 5.65. The molecule has 1 N–H and O–H groups in total. The summed E-state index contributed by atoms with van der Waals surface area (Å²) in [5, 5.41) is 12.0. The van der Waals surface area contributed by atoms with Gasteiger partial charge in [-0.2, -0.15) is 5.26 Å². The van der Waals surface area contributed by atoms with Crippen molar-refractivity contribution < 1.29 is 4.74 Å². The topological polar surface area (TPSA) is 74.1 Å². The van der Waals surface area contributed by atoms with Crippen LogP contribution in [0.4, 0.5) is 17.3 Å². The third-order valence-corrected chi connectivity index (χ3v) is 2.60. The molecule has 0 aliphatic heterocycles. The van der Waals surface area contributed by atoms with Gasteiger partial charge in [0, 0.05) is 13.1 Å². The highest BCUT2D eigenvalue weighted by Gasteiger charge is 2.06. The molecule has 0 aliphatic carbocycles. The Morgan fingerprint density at radius 3 is 2.90 bits per heavy atom. The molecule has 0 unspecified atom stereocenters. The lowest BCUT2D eigenvalue weighted by molar-refractivity contribution is 0.342. The summed E-state index contributed by atoms with van der Waals surface area (Å²) in [5.41, 5.74) is 0.818. The number of ether oxygens (including phenoxy) is 1. The largest absolute Gasteiger partial charge is 0.492 e. The van der Waals surface area contributed by atoms with E-state index < -0.39 is 0 Å². The SMILES string of the molecule is CCOc1ccccc1Nc1cc(N(C)C#N)ncn1. The van der Waals surface area contributed by atoms with Crippen molar-refractivity contribution in [1.29, 1.82) is 5.26 Å². The molecular weight excluding hydrogens is 254 g/mol. The Labute approximate surface area is 117 Å². The van der Waals surface area contributed by atoms with E-state index in [0.29, 0.717) is 18.2 Å².